The Bertz CT molecular complexity index is 836. The minimum Gasteiger partial charge on any atom is -0.372 e. The summed E-state index contributed by atoms with van der Waals surface area (Å²) in [6.45, 7) is 8.30. The molecule has 5 nitrogen and oxygen atoms in total. The summed E-state index contributed by atoms with van der Waals surface area (Å²) in [6.07, 6.45) is 5.24. The maximum atomic E-state index is 9.00. The van der Waals surface area contributed by atoms with Gasteiger partial charge in [-0.3, -0.25) is 0 Å². The molecular formula is C19H19N5. The fourth-order valence-electron chi connectivity index (χ4n) is 2.45. The van der Waals surface area contributed by atoms with Gasteiger partial charge in [0.05, 0.1) is 11.9 Å². The average molecular weight is 317 g/mol. The van der Waals surface area contributed by atoms with Crippen molar-refractivity contribution in [3.05, 3.63) is 52.6 Å². The number of benzene rings is 1. The molecule has 0 unspecified atom stereocenters. The van der Waals surface area contributed by atoms with Crippen LogP contribution in [0.3, 0.4) is 0 Å². The van der Waals surface area contributed by atoms with Gasteiger partial charge in [-0.2, -0.15) is 10.5 Å². The average Bonchev–Trinajstić information content (AvgIpc) is 2.61. The van der Waals surface area contributed by atoms with E-state index in [0.29, 0.717) is 5.69 Å². The lowest BCUT2D eigenvalue weighted by atomic mass is 10.1. The second-order valence-electron chi connectivity index (χ2n) is 5.26. The van der Waals surface area contributed by atoms with Crippen LogP contribution in [0, 0.1) is 29.6 Å². The first-order valence-corrected chi connectivity index (χ1v) is 7.83. The SMILES string of the molecule is CCN(CC)c1ccc(/C=C/c2cnc(C#N)c(C#N)n2)c(C)c1. The molecule has 0 bridgehead atoms. The van der Waals surface area contributed by atoms with Crippen LogP contribution in [0.4, 0.5) is 5.69 Å². The van der Waals surface area contributed by atoms with E-state index in [1.807, 2.05) is 18.2 Å². The summed E-state index contributed by atoms with van der Waals surface area (Å²) in [5, 5.41) is 17.9. The van der Waals surface area contributed by atoms with Crippen molar-refractivity contribution in [2.24, 2.45) is 0 Å². The number of aryl methyl sites for hydroxylation is 1. The summed E-state index contributed by atoms with van der Waals surface area (Å²) < 4.78 is 0. The zero-order valence-electron chi connectivity index (χ0n) is 14.1. The van der Waals surface area contributed by atoms with Crippen LogP contribution in [0.2, 0.25) is 0 Å². The van der Waals surface area contributed by atoms with E-state index in [-0.39, 0.29) is 11.4 Å². The van der Waals surface area contributed by atoms with Gasteiger partial charge in [-0.05, 0) is 50.1 Å². The van der Waals surface area contributed by atoms with Gasteiger partial charge in [0, 0.05) is 18.8 Å². The molecule has 0 N–H and O–H groups in total. The molecule has 0 spiro atoms. The molecule has 1 heterocycles. The first-order valence-electron chi connectivity index (χ1n) is 7.83. The molecule has 120 valence electrons. The Kier molecular flexibility index (Phi) is 5.65. The molecule has 0 aliphatic carbocycles. The number of nitrogens with zero attached hydrogens (tertiary/aromatic N) is 5. The third-order valence-electron chi connectivity index (χ3n) is 3.82. The molecule has 0 fully saturated rings. The van der Waals surface area contributed by atoms with Crippen molar-refractivity contribution >= 4 is 17.8 Å². The van der Waals surface area contributed by atoms with Gasteiger partial charge in [0.1, 0.15) is 12.1 Å². The van der Waals surface area contributed by atoms with Crippen LogP contribution in [0.5, 0.6) is 0 Å². The molecule has 0 radical (unpaired) electrons. The Hall–Kier alpha value is -3.18. The third-order valence-corrected chi connectivity index (χ3v) is 3.82. The molecule has 0 aliphatic heterocycles. The van der Waals surface area contributed by atoms with Crippen LogP contribution in [0.1, 0.15) is 42.1 Å². The van der Waals surface area contributed by atoms with Gasteiger partial charge < -0.3 is 4.90 Å². The summed E-state index contributed by atoms with van der Waals surface area (Å²) in [5.74, 6) is 0. The topological polar surface area (TPSA) is 76.6 Å². The highest BCUT2D eigenvalue weighted by atomic mass is 15.1. The summed E-state index contributed by atoms with van der Waals surface area (Å²) in [6, 6.07) is 10.1. The zero-order chi connectivity index (χ0) is 17.5. The van der Waals surface area contributed by atoms with Gasteiger partial charge in [0.15, 0.2) is 11.4 Å². The molecule has 0 atom stereocenters. The van der Waals surface area contributed by atoms with E-state index in [2.05, 4.69) is 53.8 Å². The lowest BCUT2D eigenvalue weighted by molar-refractivity contribution is 0.865. The number of nitriles is 2. The largest absolute Gasteiger partial charge is 0.372 e. The van der Waals surface area contributed by atoms with Gasteiger partial charge in [-0.25, -0.2) is 9.97 Å². The van der Waals surface area contributed by atoms with Crippen molar-refractivity contribution in [2.45, 2.75) is 20.8 Å². The molecule has 1 aromatic carbocycles. The molecule has 2 aromatic rings. The van der Waals surface area contributed by atoms with E-state index in [1.165, 1.54) is 11.9 Å². The van der Waals surface area contributed by atoms with Crippen LogP contribution >= 0.6 is 0 Å². The number of anilines is 1. The monoisotopic (exact) mass is 317 g/mol. The molecule has 0 amide bonds. The highest BCUT2D eigenvalue weighted by molar-refractivity contribution is 5.71. The fraction of sp³-hybridized carbons (Fsp3) is 0.263. The second kappa shape index (κ2) is 7.89. The standard InChI is InChI=1S/C19H19N5/c1-4-24(5-2)17-9-7-15(14(3)10-17)6-8-16-13-22-18(11-20)19(12-21)23-16/h6-10,13H,4-5H2,1-3H3/b8-6+. The van der Waals surface area contributed by atoms with Crippen LogP contribution in [0.25, 0.3) is 12.2 Å². The number of hydrogen-bond acceptors (Lipinski definition) is 5. The Labute approximate surface area is 142 Å². The highest BCUT2D eigenvalue weighted by Crippen LogP contribution is 2.20. The van der Waals surface area contributed by atoms with Gasteiger partial charge in [0.2, 0.25) is 0 Å². The van der Waals surface area contributed by atoms with E-state index in [4.69, 9.17) is 10.5 Å². The fourth-order valence-corrected chi connectivity index (χ4v) is 2.45. The first kappa shape index (κ1) is 17.2. The zero-order valence-corrected chi connectivity index (χ0v) is 14.1. The van der Waals surface area contributed by atoms with Crippen LogP contribution < -0.4 is 4.90 Å². The summed E-state index contributed by atoms with van der Waals surface area (Å²) in [5.41, 5.74) is 4.10. The molecule has 0 saturated heterocycles. The minimum absolute atomic E-state index is 0.0493. The number of hydrogen-bond donors (Lipinski definition) is 0. The lowest BCUT2D eigenvalue weighted by Gasteiger charge is -2.21. The van der Waals surface area contributed by atoms with E-state index >= 15 is 0 Å². The van der Waals surface area contributed by atoms with Crippen LogP contribution in [0.15, 0.2) is 24.4 Å². The normalized spacial score (nSPS) is 10.4. The maximum absolute atomic E-state index is 9.00. The Morgan fingerprint density at radius 2 is 1.79 bits per heavy atom. The Morgan fingerprint density at radius 3 is 2.38 bits per heavy atom. The van der Waals surface area contributed by atoms with Crippen LogP contribution in [-0.2, 0) is 0 Å². The van der Waals surface area contributed by atoms with E-state index in [0.717, 1.165) is 24.2 Å². The van der Waals surface area contributed by atoms with Crippen LogP contribution in [-0.4, -0.2) is 23.1 Å². The van der Waals surface area contributed by atoms with E-state index in [9.17, 15) is 0 Å². The minimum atomic E-state index is 0.0493. The van der Waals surface area contributed by atoms with Crippen molar-refractivity contribution in [1.82, 2.24) is 9.97 Å². The Morgan fingerprint density at radius 1 is 1.08 bits per heavy atom. The van der Waals surface area contributed by atoms with Crippen molar-refractivity contribution in [3.8, 4) is 12.1 Å². The van der Waals surface area contributed by atoms with Crippen molar-refractivity contribution in [2.75, 3.05) is 18.0 Å². The molecule has 0 aliphatic rings. The smallest absolute Gasteiger partial charge is 0.177 e. The predicted octanol–water partition coefficient (Wildman–Crippen LogP) is 3.54. The molecule has 1 aromatic heterocycles. The van der Waals surface area contributed by atoms with Crippen molar-refractivity contribution in [1.29, 1.82) is 10.5 Å². The third kappa shape index (κ3) is 3.77. The van der Waals surface area contributed by atoms with Crippen molar-refractivity contribution < 1.29 is 0 Å². The van der Waals surface area contributed by atoms with E-state index < -0.39 is 0 Å². The van der Waals surface area contributed by atoms with Gasteiger partial charge in [-0.1, -0.05) is 12.1 Å². The predicted molar refractivity (Wildman–Crippen MR) is 95.1 cm³/mol. The molecular weight excluding hydrogens is 298 g/mol. The maximum Gasteiger partial charge on any atom is 0.177 e. The lowest BCUT2D eigenvalue weighted by Crippen LogP contribution is -2.21. The highest BCUT2D eigenvalue weighted by Gasteiger charge is 2.06. The molecule has 0 saturated carbocycles. The second-order valence-corrected chi connectivity index (χ2v) is 5.26. The molecule has 5 heteroatoms. The number of rotatable bonds is 5. The van der Waals surface area contributed by atoms with Gasteiger partial charge >= 0.3 is 0 Å². The van der Waals surface area contributed by atoms with Crippen molar-refractivity contribution in [3.63, 3.8) is 0 Å². The number of aromatic nitrogens is 2. The molecule has 24 heavy (non-hydrogen) atoms. The van der Waals surface area contributed by atoms with Gasteiger partial charge in [0.25, 0.3) is 0 Å². The summed E-state index contributed by atoms with van der Waals surface area (Å²) in [4.78, 5) is 10.4. The first-order chi connectivity index (χ1) is 11.6. The quantitative estimate of drug-likeness (QED) is 0.843. The summed E-state index contributed by atoms with van der Waals surface area (Å²) in [7, 11) is 0. The van der Waals surface area contributed by atoms with Gasteiger partial charge in [-0.15, -0.1) is 0 Å². The Balaban J connectivity index is 2.27. The molecule has 2 rings (SSSR count). The van der Waals surface area contributed by atoms with E-state index in [1.54, 1.807) is 6.08 Å². The summed E-state index contributed by atoms with van der Waals surface area (Å²) >= 11 is 0.